The van der Waals surface area contributed by atoms with Gasteiger partial charge in [0.1, 0.15) is 18.2 Å². The summed E-state index contributed by atoms with van der Waals surface area (Å²) in [5.41, 5.74) is 0. The standard InChI is InChI=1S/C50H94N2O8/c1-6-9-12-15-17-18-19-23-31-40-57-47(53)35-29-25-30-38-52-43-45(60-49(55)37-39-51(4)5)42-46(52)50(56)58-41-32-24-20-22-28-36-48(54)59-44(33-26-14-11-8-3)34-27-21-16-13-10-7-2/h44-46H,6-43H2,1-5H3/t44?,45?,46-/m0/s1. The number of carbonyl (C=O) groups excluding carboxylic acids is 4. The van der Waals surface area contributed by atoms with Crippen molar-refractivity contribution in [2.24, 2.45) is 0 Å². The van der Waals surface area contributed by atoms with Crippen molar-refractivity contribution in [1.82, 2.24) is 9.80 Å². The molecule has 0 aliphatic carbocycles. The third-order valence-corrected chi connectivity index (χ3v) is 11.9. The van der Waals surface area contributed by atoms with Crippen LogP contribution in [0.15, 0.2) is 0 Å². The molecule has 0 saturated carbocycles. The number of rotatable bonds is 42. The fourth-order valence-corrected chi connectivity index (χ4v) is 8.06. The van der Waals surface area contributed by atoms with E-state index in [0.717, 1.165) is 89.9 Å². The Labute approximate surface area is 368 Å². The van der Waals surface area contributed by atoms with Crippen molar-refractivity contribution >= 4 is 23.9 Å². The van der Waals surface area contributed by atoms with Crippen LogP contribution in [0.3, 0.4) is 0 Å². The van der Waals surface area contributed by atoms with E-state index in [2.05, 4.69) is 25.7 Å². The molecule has 3 atom stereocenters. The highest BCUT2D eigenvalue weighted by atomic mass is 16.6. The number of esters is 4. The van der Waals surface area contributed by atoms with E-state index in [0.29, 0.717) is 58.5 Å². The van der Waals surface area contributed by atoms with E-state index in [4.69, 9.17) is 18.9 Å². The molecular formula is C50H94N2O8. The number of hydrogen-bond donors (Lipinski definition) is 0. The molecule has 0 amide bonds. The van der Waals surface area contributed by atoms with Crippen molar-refractivity contribution in [3.63, 3.8) is 0 Å². The second-order valence-electron chi connectivity index (χ2n) is 18.0. The number of hydrogen-bond acceptors (Lipinski definition) is 10. The van der Waals surface area contributed by atoms with Crippen LogP contribution in [0.4, 0.5) is 0 Å². The fraction of sp³-hybridized carbons (Fsp3) is 0.920. The minimum absolute atomic E-state index is 0.0553. The molecule has 352 valence electrons. The molecule has 1 fully saturated rings. The zero-order valence-corrected chi connectivity index (χ0v) is 39.8. The van der Waals surface area contributed by atoms with Gasteiger partial charge in [0.05, 0.1) is 19.6 Å². The van der Waals surface area contributed by atoms with Crippen LogP contribution in [0.2, 0.25) is 0 Å². The first-order valence-corrected chi connectivity index (χ1v) is 25.3. The zero-order valence-electron chi connectivity index (χ0n) is 39.8. The van der Waals surface area contributed by atoms with Crippen LogP contribution >= 0.6 is 0 Å². The summed E-state index contributed by atoms with van der Waals surface area (Å²) in [6, 6.07) is -0.444. The maximum Gasteiger partial charge on any atom is 0.323 e. The van der Waals surface area contributed by atoms with Crippen molar-refractivity contribution in [1.29, 1.82) is 0 Å². The Hall–Kier alpha value is -2.20. The van der Waals surface area contributed by atoms with Gasteiger partial charge in [-0.25, -0.2) is 0 Å². The van der Waals surface area contributed by atoms with Crippen LogP contribution in [0.1, 0.15) is 233 Å². The predicted molar refractivity (Wildman–Crippen MR) is 245 cm³/mol. The van der Waals surface area contributed by atoms with Crippen molar-refractivity contribution in [3.05, 3.63) is 0 Å². The Bertz CT molecular complexity index is 1060. The first-order chi connectivity index (χ1) is 29.2. The van der Waals surface area contributed by atoms with Gasteiger partial charge in [-0.05, 0) is 78.4 Å². The van der Waals surface area contributed by atoms with Crippen molar-refractivity contribution in [2.45, 2.75) is 251 Å². The summed E-state index contributed by atoms with van der Waals surface area (Å²) in [5.74, 6) is -0.678. The number of unbranched alkanes of at least 4 members (excludes halogenated alkanes) is 22. The summed E-state index contributed by atoms with van der Waals surface area (Å²) in [6.07, 6.45) is 33.7. The van der Waals surface area contributed by atoms with Gasteiger partial charge in [-0.15, -0.1) is 0 Å². The monoisotopic (exact) mass is 851 g/mol. The van der Waals surface area contributed by atoms with Gasteiger partial charge >= 0.3 is 23.9 Å². The first kappa shape index (κ1) is 55.8. The Morgan fingerprint density at radius 1 is 0.533 bits per heavy atom. The lowest BCUT2D eigenvalue weighted by atomic mass is 10.0. The number of carbonyl (C=O) groups is 4. The molecule has 0 radical (unpaired) electrons. The number of likely N-dealkylation sites (tertiary alicyclic amines) is 1. The summed E-state index contributed by atoms with van der Waals surface area (Å²) >= 11 is 0. The highest BCUT2D eigenvalue weighted by molar-refractivity contribution is 5.76. The van der Waals surface area contributed by atoms with Crippen LogP contribution < -0.4 is 0 Å². The Balaban J connectivity index is 2.37. The van der Waals surface area contributed by atoms with Gasteiger partial charge in [0.15, 0.2) is 0 Å². The lowest BCUT2D eigenvalue weighted by molar-refractivity contribution is -0.151. The molecule has 10 heteroatoms. The number of nitrogens with zero attached hydrogens (tertiary/aromatic N) is 2. The molecule has 1 aliphatic rings. The van der Waals surface area contributed by atoms with E-state index < -0.39 is 6.04 Å². The molecule has 0 aromatic carbocycles. The van der Waals surface area contributed by atoms with Gasteiger partial charge < -0.3 is 23.8 Å². The lowest BCUT2D eigenvalue weighted by Gasteiger charge is -2.22. The molecule has 0 aromatic heterocycles. The van der Waals surface area contributed by atoms with Crippen LogP contribution in [0.25, 0.3) is 0 Å². The van der Waals surface area contributed by atoms with Crippen LogP contribution in [0.5, 0.6) is 0 Å². The van der Waals surface area contributed by atoms with Gasteiger partial charge in [-0.3, -0.25) is 24.1 Å². The minimum Gasteiger partial charge on any atom is -0.466 e. The van der Waals surface area contributed by atoms with Crippen LogP contribution in [0, 0.1) is 0 Å². The van der Waals surface area contributed by atoms with E-state index in [1.54, 1.807) is 0 Å². The van der Waals surface area contributed by atoms with E-state index in [1.807, 2.05) is 19.0 Å². The molecule has 0 N–H and O–H groups in total. The summed E-state index contributed by atoms with van der Waals surface area (Å²) in [4.78, 5) is 54.9. The fourth-order valence-electron chi connectivity index (χ4n) is 8.06. The topological polar surface area (TPSA) is 112 Å². The maximum absolute atomic E-state index is 13.3. The van der Waals surface area contributed by atoms with E-state index in [9.17, 15) is 19.2 Å². The third-order valence-electron chi connectivity index (χ3n) is 11.9. The predicted octanol–water partition coefficient (Wildman–Crippen LogP) is 12.1. The molecule has 1 aliphatic heterocycles. The maximum atomic E-state index is 13.3. The second-order valence-corrected chi connectivity index (χ2v) is 18.0. The molecule has 60 heavy (non-hydrogen) atoms. The van der Waals surface area contributed by atoms with Gasteiger partial charge in [-0.1, -0.05) is 149 Å². The Morgan fingerprint density at radius 3 is 1.57 bits per heavy atom. The molecule has 10 nitrogen and oxygen atoms in total. The Kier molecular flexibility index (Phi) is 36.9. The van der Waals surface area contributed by atoms with E-state index >= 15 is 0 Å². The van der Waals surface area contributed by atoms with Gasteiger partial charge in [-0.2, -0.15) is 0 Å². The second kappa shape index (κ2) is 39.6. The normalized spacial score (nSPS) is 16.0. The van der Waals surface area contributed by atoms with Crippen LogP contribution in [-0.4, -0.2) is 98.9 Å². The molecule has 1 rings (SSSR count). The summed E-state index contributed by atoms with van der Waals surface area (Å²) in [7, 11) is 3.85. The van der Waals surface area contributed by atoms with Crippen molar-refractivity contribution in [3.8, 4) is 0 Å². The smallest absolute Gasteiger partial charge is 0.323 e. The largest absolute Gasteiger partial charge is 0.466 e. The molecule has 1 heterocycles. The van der Waals surface area contributed by atoms with Crippen LogP contribution in [-0.2, 0) is 38.1 Å². The molecule has 0 spiro atoms. The average molecular weight is 851 g/mol. The minimum atomic E-state index is -0.444. The first-order valence-electron chi connectivity index (χ1n) is 25.3. The highest BCUT2D eigenvalue weighted by Gasteiger charge is 2.39. The third kappa shape index (κ3) is 32.5. The van der Waals surface area contributed by atoms with Gasteiger partial charge in [0.2, 0.25) is 0 Å². The number of ether oxygens (including phenoxy) is 4. The average Bonchev–Trinajstić information content (AvgIpc) is 3.63. The van der Waals surface area contributed by atoms with Crippen molar-refractivity contribution < 1.29 is 38.1 Å². The molecule has 2 unspecified atom stereocenters. The molecule has 0 bridgehead atoms. The van der Waals surface area contributed by atoms with E-state index in [1.165, 1.54) is 96.3 Å². The van der Waals surface area contributed by atoms with E-state index in [-0.39, 0.29) is 36.1 Å². The molecule has 0 aromatic rings. The highest BCUT2D eigenvalue weighted by Crippen LogP contribution is 2.24. The molecule has 1 saturated heterocycles. The molecular weight excluding hydrogens is 757 g/mol. The Morgan fingerprint density at radius 2 is 1.00 bits per heavy atom. The van der Waals surface area contributed by atoms with Crippen molar-refractivity contribution in [2.75, 3.05) is 46.9 Å². The SMILES string of the molecule is CCCCCCCCCCCOC(=O)CCCCCN1CC(OC(=O)CCN(C)C)C[C@H]1C(=O)OCCCCCCCC(=O)OC(CCCCCC)CCCCCCCC. The summed E-state index contributed by atoms with van der Waals surface area (Å²) in [5, 5.41) is 0. The summed E-state index contributed by atoms with van der Waals surface area (Å²) < 4.78 is 23.0. The summed E-state index contributed by atoms with van der Waals surface area (Å²) in [6.45, 7) is 9.38. The zero-order chi connectivity index (χ0) is 43.9. The van der Waals surface area contributed by atoms with Gasteiger partial charge in [0.25, 0.3) is 0 Å². The van der Waals surface area contributed by atoms with Gasteiger partial charge in [0, 0.05) is 32.4 Å². The lowest BCUT2D eigenvalue weighted by Crippen LogP contribution is -2.38. The quantitative estimate of drug-likeness (QED) is 0.0334.